The molecule has 4 nitrogen and oxygen atoms in total. The number of aryl methyl sites for hydroxylation is 2. The first-order valence-corrected chi connectivity index (χ1v) is 8.23. The van der Waals surface area contributed by atoms with E-state index in [9.17, 15) is 4.79 Å². The molecule has 2 heterocycles. The highest BCUT2D eigenvalue weighted by Crippen LogP contribution is 2.31. The summed E-state index contributed by atoms with van der Waals surface area (Å²) in [4.78, 5) is 13.8. The van der Waals surface area contributed by atoms with Gasteiger partial charge in [-0.25, -0.2) is 0 Å². The van der Waals surface area contributed by atoms with Crippen molar-refractivity contribution in [1.29, 1.82) is 0 Å². The highest BCUT2D eigenvalue weighted by molar-refractivity contribution is 7.10. The molecule has 0 radical (unpaired) electrons. The maximum Gasteiger partial charge on any atom is 0.257 e. The fourth-order valence-corrected chi connectivity index (χ4v) is 3.54. The Morgan fingerprint density at radius 2 is 2.10 bits per heavy atom. The number of thiophene rings is 1. The Labute approximate surface area is 129 Å². The zero-order valence-corrected chi connectivity index (χ0v) is 13.8. The maximum absolute atomic E-state index is 12.6. The summed E-state index contributed by atoms with van der Waals surface area (Å²) < 4.78 is 5.09. The summed E-state index contributed by atoms with van der Waals surface area (Å²) in [7, 11) is 0. The van der Waals surface area contributed by atoms with Gasteiger partial charge >= 0.3 is 0 Å². The first-order valence-electron chi connectivity index (χ1n) is 7.35. The Kier molecular flexibility index (Phi) is 5.17. The normalized spacial score (nSPS) is 12.6. The van der Waals surface area contributed by atoms with Crippen molar-refractivity contribution in [2.45, 2.75) is 46.6 Å². The quantitative estimate of drug-likeness (QED) is 0.867. The van der Waals surface area contributed by atoms with Crippen LogP contribution in [-0.4, -0.2) is 11.1 Å². The van der Waals surface area contributed by atoms with E-state index in [4.69, 9.17) is 4.52 Å². The summed E-state index contributed by atoms with van der Waals surface area (Å²) in [6, 6.07) is 4.15. The summed E-state index contributed by atoms with van der Waals surface area (Å²) >= 11 is 1.68. The number of hydrogen-bond donors (Lipinski definition) is 1. The second kappa shape index (κ2) is 6.89. The first-order chi connectivity index (χ1) is 10.1. The molecule has 0 fully saturated rings. The van der Waals surface area contributed by atoms with Crippen molar-refractivity contribution in [2.24, 2.45) is 5.92 Å². The third kappa shape index (κ3) is 3.35. The van der Waals surface area contributed by atoms with Gasteiger partial charge < -0.3 is 9.84 Å². The predicted molar refractivity (Wildman–Crippen MR) is 84.6 cm³/mol. The fourth-order valence-electron chi connectivity index (χ4n) is 2.67. The van der Waals surface area contributed by atoms with Gasteiger partial charge in [-0.15, -0.1) is 11.3 Å². The minimum absolute atomic E-state index is 0.0428. The molecule has 2 aromatic heterocycles. The number of nitrogens with one attached hydrogen (secondary N) is 1. The van der Waals surface area contributed by atoms with Gasteiger partial charge in [-0.2, -0.15) is 0 Å². The maximum atomic E-state index is 12.6. The van der Waals surface area contributed by atoms with Gasteiger partial charge in [-0.05, 0) is 31.2 Å². The van der Waals surface area contributed by atoms with Crippen LogP contribution in [0.1, 0.15) is 59.4 Å². The van der Waals surface area contributed by atoms with E-state index in [1.165, 1.54) is 4.88 Å². The van der Waals surface area contributed by atoms with Crippen molar-refractivity contribution in [3.8, 4) is 0 Å². The molecule has 0 saturated carbocycles. The van der Waals surface area contributed by atoms with Crippen molar-refractivity contribution in [2.75, 3.05) is 0 Å². The number of amides is 1. The minimum atomic E-state index is -0.100. The number of nitrogens with zero attached hydrogens (tertiary/aromatic N) is 1. The lowest BCUT2D eigenvalue weighted by molar-refractivity contribution is 0.0918. The van der Waals surface area contributed by atoms with E-state index in [1.807, 2.05) is 11.4 Å². The SMILES string of the molecule is CCC(CC)[C@@H](NC(=O)c1c(C)noc1C)c1cccs1. The summed E-state index contributed by atoms with van der Waals surface area (Å²) in [5.41, 5.74) is 1.20. The topological polar surface area (TPSA) is 55.1 Å². The van der Waals surface area contributed by atoms with E-state index in [1.54, 1.807) is 25.2 Å². The van der Waals surface area contributed by atoms with Crippen LogP contribution < -0.4 is 5.32 Å². The molecular formula is C16H22N2O2S. The Morgan fingerprint density at radius 3 is 2.57 bits per heavy atom. The molecule has 1 atom stereocenters. The van der Waals surface area contributed by atoms with E-state index in [-0.39, 0.29) is 11.9 Å². The van der Waals surface area contributed by atoms with Crippen molar-refractivity contribution in [3.05, 3.63) is 39.4 Å². The monoisotopic (exact) mass is 306 g/mol. The van der Waals surface area contributed by atoms with Gasteiger partial charge in [-0.3, -0.25) is 4.79 Å². The van der Waals surface area contributed by atoms with Crippen LogP contribution in [0.5, 0.6) is 0 Å². The molecule has 2 aromatic rings. The predicted octanol–water partition coefficient (Wildman–Crippen LogP) is 4.26. The van der Waals surface area contributed by atoms with E-state index in [0.717, 1.165) is 12.8 Å². The van der Waals surface area contributed by atoms with Crippen LogP contribution in [0.15, 0.2) is 22.0 Å². The van der Waals surface area contributed by atoms with Crippen LogP contribution in [0.3, 0.4) is 0 Å². The molecule has 0 unspecified atom stereocenters. The Morgan fingerprint density at radius 1 is 1.38 bits per heavy atom. The molecule has 2 rings (SSSR count). The molecule has 0 spiro atoms. The highest BCUT2D eigenvalue weighted by Gasteiger charge is 2.26. The van der Waals surface area contributed by atoms with Gasteiger partial charge in [0, 0.05) is 4.88 Å². The molecule has 21 heavy (non-hydrogen) atoms. The lowest BCUT2D eigenvalue weighted by Gasteiger charge is -2.25. The van der Waals surface area contributed by atoms with Crippen molar-refractivity contribution in [3.63, 3.8) is 0 Å². The zero-order valence-electron chi connectivity index (χ0n) is 13.0. The summed E-state index contributed by atoms with van der Waals surface area (Å²) in [5.74, 6) is 0.893. The lowest BCUT2D eigenvalue weighted by atomic mass is 9.92. The van der Waals surface area contributed by atoms with Crippen LogP contribution in [0, 0.1) is 19.8 Å². The summed E-state index contributed by atoms with van der Waals surface area (Å²) in [6.07, 6.45) is 2.06. The fraction of sp³-hybridized carbons (Fsp3) is 0.500. The van der Waals surface area contributed by atoms with E-state index < -0.39 is 0 Å². The van der Waals surface area contributed by atoms with Gasteiger partial charge in [0.15, 0.2) is 0 Å². The summed E-state index contributed by atoms with van der Waals surface area (Å²) in [6.45, 7) is 7.89. The van der Waals surface area contributed by atoms with Crippen LogP contribution in [0.4, 0.5) is 0 Å². The van der Waals surface area contributed by atoms with E-state index in [2.05, 4.69) is 30.4 Å². The first kappa shape index (κ1) is 15.8. The molecule has 1 amide bonds. The van der Waals surface area contributed by atoms with E-state index in [0.29, 0.717) is 22.9 Å². The third-order valence-electron chi connectivity index (χ3n) is 3.92. The lowest BCUT2D eigenvalue weighted by Crippen LogP contribution is -2.33. The van der Waals surface area contributed by atoms with Gasteiger partial charge in [-0.1, -0.05) is 37.9 Å². The molecule has 0 aliphatic heterocycles. The van der Waals surface area contributed by atoms with Crippen molar-refractivity contribution >= 4 is 17.2 Å². The van der Waals surface area contributed by atoms with Crippen molar-refractivity contribution < 1.29 is 9.32 Å². The largest absolute Gasteiger partial charge is 0.361 e. The van der Waals surface area contributed by atoms with Crippen molar-refractivity contribution in [1.82, 2.24) is 10.5 Å². The van der Waals surface area contributed by atoms with Crippen LogP contribution >= 0.6 is 11.3 Å². The van der Waals surface area contributed by atoms with Gasteiger partial charge in [0.05, 0.1) is 11.7 Å². The van der Waals surface area contributed by atoms with Gasteiger partial charge in [0.1, 0.15) is 11.3 Å². The Balaban J connectivity index is 2.25. The van der Waals surface area contributed by atoms with E-state index >= 15 is 0 Å². The summed E-state index contributed by atoms with van der Waals surface area (Å²) in [5, 5.41) is 9.08. The number of carbonyl (C=O) groups is 1. The minimum Gasteiger partial charge on any atom is -0.361 e. The average molecular weight is 306 g/mol. The Bertz CT molecular complexity index is 566. The second-order valence-corrected chi connectivity index (χ2v) is 6.22. The molecule has 5 heteroatoms. The average Bonchev–Trinajstić information content (AvgIpc) is 3.09. The van der Waals surface area contributed by atoms with Crippen LogP contribution in [0.2, 0.25) is 0 Å². The molecule has 0 aliphatic rings. The van der Waals surface area contributed by atoms with Gasteiger partial charge in [0.25, 0.3) is 5.91 Å². The number of hydrogen-bond acceptors (Lipinski definition) is 4. The number of rotatable bonds is 6. The van der Waals surface area contributed by atoms with Crippen LogP contribution in [-0.2, 0) is 0 Å². The van der Waals surface area contributed by atoms with Crippen LogP contribution in [0.25, 0.3) is 0 Å². The molecule has 0 saturated heterocycles. The van der Waals surface area contributed by atoms with Gasteiger partial charge in [0.2, 0.25) is 0 Å². The highest BCUT2D eigenvalue weighted by atomic mass is 32.1. The Hall–Kier alpha value is -1.62. The molecule has 1 N–H and O–H groups in total. The molecule has 0 aliphatic carbocycles. The third-order valence-corrected chi connectivity index (χ3v) is 4.87. The standard InChI is InChI=1S/C16H22N2O2S/c1-5-12(6-2)15(13-8-7-9-21-13)17-16(19)14-10(3)18-20-11(14)4/h7-9,12,15H,5-6H2,1-4H3,(H,17,19)/t15-/m1/s1. The molecule has 0 bridgehead atoms. The molecule has 0 aromatic carbocycles. The number of carbonyl (C=O) groups excluding carboxylic acids is 1. The molecular weight excluding hydrogens is 284 g/mol. The second-order valence-electron chi connectivity index (χ2n) is 5.24. The smallest absolute Gasteiger partial charge is 0.257 e. The molecule has 114 valence electrons. The zero-order chi connectivity index (χ0) is 15.4. The number of aromatic nitrogens is 1.